The van der Waals surface area contributed by atoms with Crippen molar-refractivity contribution in [2.45, 2.75) is 51.3 Å². The molecule has 2 atom stereocenters. The molecule has 0 saturated carbocycles. The van der Waals surface area contributed by atoms with Gasteiger partial charge in [0.25, 0.3) is 0 Å². The summed E-state index contributed by atoms with van der Waals surface area (Å²) in [5.41, 5.74) is 7.93. The van der Waals surface area contributed by atoms with Crippen molar-refractivity contribution in [2.24, 2.45) is 11.7 Å². The predicted octanol–water partition coefficient (Wildman–Crippen LogP) is 2.65. The molecule has 0 aliphatic carbocycles. The van der Waals surface area contributed by atoms with Gasteiger partial charge in [-0.2, -0.15) is 0 Å². The van der Waals surface area contributed by atoms with Crippen LogP contribution in [0.5, 0.6) is 0 Å². The van der Waals surface area contributed by atoms with E-state index in [2.05, 4.69) is 32.7 Å². The number of nitrogens with two attached hydrogens (primary N) is 1. The van der Waals surface area contributed by atoms with Crippen molar-refractivity contribution in [1.82, 2.24) is 5.32 Å². The van der Waals surface area contributed by atoms with Crippen LogP contribution in [0, 0.1) is 5.92 Å². The number of nitrogens with one attached hydrogen (secondary N) is 1. The summed E-state index contributed by atoms with van der Waals surface area (Å²) in [4.78, 5) is 0. The molecule has 0 bridgehead atoms. The van der Waals surface area contributed by atoms with Crippen molar-refractivity contribution in [2.75, 3.05) is 6.54 Å². The maximum atomic E-state index is 5.49. The van der Waals surface area contributed by atoms with Crippen LogP contribution in [-0.2, 0) is 0 Å². The van der Waals surface area contributed by atoms with E-state index >= 15 is 0 Å². The summed E-state index contributed by atoms with van der Waals surface area (Å²) in [5.74, 6) is 1.32. The van der Waals surface area contributed by atoms with Gasteiger partial charge in [-0.15, -0.1) is 6.58 Å². The van der Waals surface area contributed by atoms with Gasteiger partial charge in [0.15, 0.2) is 0 Å². The van der Waals surface area contributed by atoms with E-state index < -0.39 is 0 Å². The third kappa shape index (κ3) is 5.97. The van der Waals surface area contributed by atoms with Crippen LogP contribution in [0.3, 0.4) is 0 Å². The van der Waals surface area contributed by atoms with Crippen molar-refractivity contribution in [3.05, 3.63) is 24.4 Å². The first kappa shape index (κ1) is 14.4. The van der Waals surface area contributed by atoms with Crippen LogP contribution in [-0.4, -0.2) is 19.8 Å². The molecule has 1 aliphatic heterocycles. The second kappa shape index (κ2) is 7.60. The normalized spacial score (nSPS) is 23.9. The Hall–Kier alpha value is -0.695. The van der Waals surface area contributed by atoms with E-state index in [1.165, 1.54) is 31.2 Å². The van der Waals surface area contributed by atoms with E-state index in [4.69, 9.17) is 5.73 Å². The van der Waals surface area contributed by atoms with Crippen LogP contribution < -0.4 is 11.1 Å². The quantitative estimate of drug-likeness (QED) is 0.524. The Morgan fingerprint density at radius 3 is 2.71 bits per heavy atom. The van der Waals surface area contributed by atoms with E-state index in [0.717, 1.165) is 31.0 Å². The van der Waals surface area contributed by atoms with E-state index in [9.17, 15) is 0 Å². The molecule has 0 spiro atoms. The van der Waals surface area contributed by atoms with Crippen LogP contribution in [0.25, 0.3) is 0 Å². The molecule has 0 amide bonds. The minimum atomic E-state index is 0.515. The van der Waals surface area contributed by atoms with Gasteiger partial charge >= 0.3 is 0 Å². The molecule has 1 aliphatic rings. The highest BCUT2D eigenvalue weighted by atomic mass is 14.9. The van der Waals surface area contributed by atoms with E-state index in [-0.39, 0.29) is 0 Å². The molecule has 1 rings (SSSR count). The average Bonchev–Trinajstić information content (AvgIpc) is 2.28. The topological polar surface area (TPSA) is 38.0 Å². The van der Waals surface area contributed by atoms with Crippen LogP contribution in [0.4, 0.5) is 0 Å². The van der Waals surface area contributed by atoms with Gasteiger partial charge in [0.05, 0.1) is 0 Å². The Labute approximate surface area is 107 Å². The van der Waals surface area contributed by atoms with Crippen molar-refractivity contribution in [3.8, 4) is 0 Å². The third-order valence-corrected chi connectivity index (χ3v) is 3.35. The summed E-state index contributed by atoms with van der Waals surface area (Å²) in [5, 5.41) is 3.50. The first-order chi connectivity index (χ1) is 8.11. The molecule has 0 aromatic carbocycles. The molecule has 1 heterocycles. The highest BCUT2D eigenvalue weighted by molar-refractivity contribution is 6.38. The molecule has 2 nitrogen and oxygen atoms in total. The summed E-state index contributed by atoms with van der Waals surface area (Å²) in [6.07, 6.45) is 6.92. The average molecular weight is 233 g/mol. The lowest BCUT2D eigenvalue weighted by molar-refractivity contribution is 0.450. The third-order valence-electron chi connectivity index (χ3n) is 3.35. The molecule has 3 heteroatoms. The maximum absolute atomic E-state index is 5.49. The first-order valence-corrected chi connectivity index (χ1v) is 6.74. The molecule has 0 aromatic rings. The molecule has 1 fully saturated rings. The largest absolute Gasteiger partial charge is 0.394 e. The van der Waals surface area contributed by atoms with Gasteiger partial charge in [-0.25, -0.2) is 0 Å². The number of allylic oxidation sites excluding steroid dienone is 2. The predicted molar refractivity (Wildman–Crippen MR) is 77.1 cm³/mol. The SMILES string of the molecule is C=C(C)CC1C[B]C(NC(=C)CCCN)CC1. The van der Waals surface area contributed by atoms with E-state index in [1.807, 2.05) is 0 Å². The standard InChI is InChI=1S/C14H26BN2/c1-11(2)9-13-6-7-14(15-10-13)17-12(3)5-4-8-16/h13-14,17H,1,3-10,16H2,2H3. The highest BCUT2D eigenvalue weighted by Gasteiger charge is 2.21. The second-order valence-electron chi connectivity index (χ2n) is 5.32. The highest BCUT2D eigenvalue weighted by Crippen LogP contribution is 2.26. The molecule has 3 N–H and O–H groups in total. The Kier molecular flexibility index (Phi) is 6.42. The lowest BCUT2D eigenvalue weighted by Crippen LogP contribution is -2.38. The monoisotopic (exact) mass is 233 g/mol. The number of rotatable bonds is 7. The lowest BCUT2D eigenvalue weighted by atomic mass is 9.55. The summed E-state index contributed by atoms with van der Waals surface area (Å²) < 4.78 is 0. The minimum Gasteiger partial charge on any atom is -0.394 e. The molecular weight excluding hydrogens is 207 g/mol. The zero-order valence-electron chi connectivity index (χ0n) is 11.2. The summed E-state index contributed by atoms with van der Waals surface area (Å²) >= 11 is 0. The molecule has 17 heavy (non-hydrogen) atoms. The molecule has 95 valence electrons. The van der Waals surface area contributed by atoms with Gasteiger partial charge in [0.2, 0.25) is 0 Å². The van der Waals surface area contributed by atoms with Gasteiger partial charge < -0.3 is 11.1 Å². The van der Waals surface area contributed by atoms with Crippen LogP contribution in [0.15, 0.2) is 24.4 Å². The van der Waals surface area contributed by atoms with Gasteiger partial charge in [-0.05, 0) is 57.4 Å². The molecule has 0 aromatic heterocycles. The summed E-state index contributed by atoms with van der Waals surface area (Å²) in [6, 6.07) is 0. The molecule has 2 unspecified atom stereocenters. The van der Waals surface area contributed by atoms with Gasteiger partial charge in [0, 0.05) is 5.70 Å². The zero-order valence-corrected chi connectivity index (χ0v) is 11.2. The second-order valence-corrected chi connectivity index (χ2v) is 5.32. The smallest absolute Gasteiger partial charge is 0.140 e. The minimum absolute atomic E-state index is 0.515. The Morgan fingerprint density at radius 1 is 1.41 bits per heavy atom. The van der Waals surface area contributed by atoms with E-state index in [1.54, 1.807) is 0 Å². The fourth-order valence-electron chi connectivity index (χ4n) is 2.47. The molecule has 1 saturated heterocycles. The number of hydrogen-bond donors (Lipinski definition) is 2. The van der Waals surface area contributed by atoms with Gasteiger partial charge in [-0.3, -0.25) is 0 Å². The number of hydrogen-bond acceptors (Lipinski definition) is 2. The Bertz CT molecular complexity index is 255. The summed E-state index contributed by atoms with van der Waals surface area (Å²) in [6.45, 7) is 10.9. The lowest BCUT2D eigenvalue weighted by Gasteiger charge is -2.30. The van der Waals surface area contributed by atoms with Crippen molar-refractivity contribution < 1.29 is 0 Å². The maximum Gasteiger partial charge on any atom is 0.140 e. The van der Waals surface area contributed by atoms with Crippen molar-refractivity contribution >= 4 is 7.28 Å². The Morgan fingerprint density at radius 2 is 2.18 bits per heavy atom. The summed E-state index contributed by atoms with van der Waals surface area (Å²) in [7, 11) is 2.41. The Balaban J connectivity index is 2.18. The first-order valence-electron chi connectivity index (χ1n) is 6.74. The fourth-order valence-corrected chi connectivity index (χ4v) is 2.47. The van der Waals surface area contributed by atoms with Crippen molar-refractivity contribution in [3.63, 3.8) is 0 Å². The van der Waals surface area contributed by atoms with Crippen LogP contribution in [0.1, 0.15) is 39.0 Å². The van der Waals surface area contributed by atoms with Crippen molar-refractivity contribution in [1.29, 1.82) is 0 Å². The van der Waals surface area contributed by atoms with Crippen LogP contribution >= 0.6 is 0 Å². The molecular formula is C14H26BN2. The fraction of sp³-hybridized carbons (Fsp3) is 0.714. The van der Waals surface area contributed by atoms with Crippen LogP contribution in [0.2, 0.25) is 6.32 Å². The van der Waals surface area contributed by atoms with Gasteiger partial charge in [-0.1, -0.05) is 18.5 Å². The van der Waals surface area contributed by atoms with E-state index in [0.29, 0.717) is 5.94 Å². The molecule has 1 radical (unpaired) electrons. The van der Waals surface area contributed by atoms with Gasteiger partial charge in [0.1, 0.15) is 7.28 Å². The zero-order chi connectivity index (χ0) is 12.7.